The van der Waals surface area contributed by atoms with Crippen molar-refractivity contribution in [3.05, 3.63) is 11.8 Å². The van der Waals surface area contributed by atoms with Gasteiger partial charge in [0.2, 0.25) is 0 Å². The molecule has 1 heterocycles. The topological polar surface area (TPSA) is 52.3 Å². The number of allylic oxidation sites excluding steroid dienone is 2. The fourth-order valence-electron chi connectivity index (χ4n) is 1.14. The third-order valence-electron chi connectivity index (χ3n) is 1.72. The molecule has 0 spiro atoms. The molecule has 0 saturated carbocycles. The Morgan fingerprint density at radius 3 is 3.08 bits per heavy atom. The van der Waals surface area contributed by atoms with Gasteiger partial charge in [-0.15, -0.1) is 0 Å². The van der Waals surface area contributed by atoms with Crippen LogP contribution in [0.25, 0.3) is 0 Å². The van der Waals surface area contributed by atoms with E-state index >= 15 is 0 Å². The number of Topliss-reactive ketones (excluding diaryl/α,β-unsaturated/α-hetero) is 1. The van der Waals surface area contributed by atoms with Crippen LogP contribution in [0.4, 0.5) is 0 Å². The van der Waals surface area contributed by atoms with Crippen LogP contribution in [-0.2, 0) is 9.53 Å². The first-order valence-electron chi connectivity index (χ1n) is 4.32. The van der Waals surface area contributed by atoms with Crippen molar-refractivity contribution in [3.8, 4) is 0 Å². The highest BCUT2D eigenvalue weighted by molar-refractivity contribution is 5.93. The number of carbonyl (C=O) groups is 1. The SMILES string of the molecule is CC(N)CC(=O)C1=CCCCO1. The Bertz CT molecular complexity index is 197. The number of nitrogens with two attached hydrogens (primary N) is 1. The number of hydrogen-bond donors (Lipinski definition) is 1. The fraction of sp³-hybridized carbons (Fsp3) is 0.667. The largest absolute Gasteiger partial charge is 0.490 e. The van der Waals surface area contributed by atoms with E-state index in [1.165, 1.54) is 0 Å². The van der Waals surface area contributed by atoms with Crippen LogP contribution in [0.1, 0.15) is 26.2 Å². The summed E-state index contributed by atoms with van der Waals surface area (Å²) in [5.74, 6) is 0.545. The molecule has 0 radical (unpaired) electrons. The second-order valence-corrected chi connectivity index (χ2v) is 3.16. The van der Waals surface area contributed by atoms with Gasteiger partial charge in [-0.05, 0) is 25.8 Å². The van der Waals surface area contributed by atoms with Gasteiger partial charge in [0.25, 0.3) is 0 Å². The molecule has 0 aliphatic carbocycles. The minimum atomic E-state index is -0.0797. The molecular formula is C9H15NO2. The minimum absolute atomic E-state index is 0.0321. The highest BCUT2D eigenvalue weighted by atomic mass is 16.5. The van der Waals surface area contributed by atoms with Gasteiger partial charge in [0.05, 0.1) is 6.61 Å². The third-order valence-corrected chi connectivity index (χ3v) is 1.72. The average molecular weight is 169 g/mol. The van der Waals surface area contributed by atoms with E-state index in [1.807, 2.05) is 13.0 Å². The number of carbonyl (C=O) groups excluding carboxylic acids is 1. The number of ether oxygens (including phenoxy) is 1. The van der Waals surface area contributed by atoms with Crippen LogP contribution in [0, 0.1) is 0 Å². The van der Waals surface area contributed by atoms with E-state index in [0.29, 0.717) is 18.8 Å². The molecular weight excluding hydrogens is 154 g/mol. The molecule has 1 aliphatic rings. The Balaban J connectivity index is 2.45. The summed E-state index contributed by atoms with van der Waals surface area (Å²) in [5.41, 5.74) is 5.50. The van der Waals surface area contributed by atoms with E-state index < -0.39 is 0 Å². The Morgan fingerprint density at radius 1 is 1.83 bits per heavy atom. The van der Waals surface area contributed by atoms with Gasteiger partial charge in [0, 0.05) is 12.5 Å². The van der Waals surface area contributed by atoms with E-state index in [-0.39, 0.29) is 11.8 Å². The number of ketones is 1. The predicted octanol–water partition coefficient (Wildman–Crippen LogP) is 0.987. The first kappa shape index (κ1) is 9.26. The first-order valence-corrected chi connectivity index (χ1v) is 4.32. The van der Waals surface area contributed by atoms with Crippen LogP contribution in [0.5, 0.6) is 0 Å². The molecule has 3 heteroatoms. The zero-order chi connectivity index (χ0) is 8.97. The zero-order valence-corrected chi connectivity index (χ0v) is 7.38. The average Bonchev–Trinajstić information content (AvgIpc) is 2.05. The van der Waals surface area contributed by atoms with Crippen LogP contribution >= 0.6 is 0 Å². The van der Waals surface area contributed by atoms with Crippen molar-refractivity contribution in [3.63, 3.8) is 0 Å². The highest BCUT2D eigenvalue weighted by Gasteiger charge is 2.14. The molecule has 0 aromatic heterocycles. The van der Waals surface area contributed by atoms with E-state index in [2.05, 4.69) is 0 Å². The molecule has 0 bridgehead atoms. The molecule has 68 valence electrons. The molecule has 2 N–H and O–H groups in total. The summed E-state index contributed by atoms with van der Waals surface area (Å²) in [7, 11) is 0. The van der Waals surface area contributed by atoms with Crippen LogP contribution < -0.4 is 5.73 Å². The molecule has 1 aliphatic heterocycles. The Kier molecular flexibility index (Phi) is 3.29. The van der Waals surface area contributed by atoms with Crippen molar-refractivity contribution in [2.75, 3.05) is 6.61 Å². The van der Waals surface area contributed by atoms with E-state index in [4.69, 9.17) is 10.5 Å². The number of hydrogen-bond acceptors (Lipinski definition) is 3. The van der Waals surface area contributed by atoms with Gasteiger partial charge < -0.3 is 10.5 Å². The second kappa shape index (κ2) is 4.26. The summed E-state index contributed by atoms with van der Waals surface area (Å²) in [6, 6.07) is -0.0797. The molecule has 1 rings (SSSR count). The van der Waals surface area contributed by atoms with E-state index in [9.17, 15) is 4.79 Å². The Morgan fingerprint density at radius 2 is 2.58 bits per heavy atom. The first-order chi connectivity index (χ1) is 5.70. The normalized spacial score (nSPS) is 19.3. The Hall–Kier alpha value is -0.830. The Labute approximate surface area is 72.6 Å². The van der Waals surface area contributed by atoms with Crippen molar-refractivity contribution >= 4 is 5.78 Å². The third kappa shape index (κ3) is 2.66. The molecule has 0 saturated heterocycles. The lowest BCUT2D eigenvalue weighted by atomic mass is 10.1. The van der Waals surface area contributed by atoms with Gasteiger partial charge in [0.1, 0.15) is 0 Å². The summed E-state index contributed by atoms with van der Waals surface area (Å²) >= 11 is 0. The second-order valence-electron chi connectivity index (χ2n) is 3.16. The van der Waals surface area contributed by atoms with Crippen molar-refractivity contribution in [2.45, 2.75) is 32.2 Å². The lowest BCUT2D eigenvalue weighted by Crippen LogP contribution is -2.22. The molecule has 1 atom stereocenters. The van der Waals surface area contributed by atoms with Gasteiger partial charge in [-0.25, -0.2) is 0 Å². The molecule has 3 nitrogen and oxygen atoms in total. The maximum absolute atomic E-state index is 11.3. The maximum Gasteiger partial charge on any atom is 0.198 e. The molecule has 0 aromatic rings. The molecule has 1 unspecified atom stereocenters. The maximum atomic E-state index is 11.3. The predicted molar refractivity (Wildman–Crippen MR) is 46.5 cm³/mol. The zero-order valence-electron chi connectivity index (χ0n) is 7.38. The standard InChI is InChI=1S/C9H15NO2/c1-7(10)6-8(11)9-4-2-3-5-12-9/h4,7H,2-3,5-6,10H2,1H3. The van der Waals surface area contributed by atoms with Crippen LogP contribution in [0.3, 0.4) is 0 Å². The van der Waals surface area contributed by atoms with Crippen LogP contribution in [0.2, 0.25) is 0 Å². The van der Waals surface area contributed by atoms with Crippen molar-refractivity contribution in [1.82, 2.24) is 0 Å². The minimum Gasteiger partial charge on any atom is -0.490 e. The summed E-state index contributed by atoms with van der Waals surface area (Å²) in [6.07, 6.45) is 4.19. The molecule has 0 fully saturated rings. The van der Waals surface area contributed by atoms with Crippen molar-refractivity contribution in [2.24, 2.45) is 5.73 Å². The van der Waals surface area contributed by atoms with Gasteiger partial charge in [-0.2, -0.15) is 0 Å². The van der Waals surface area contributed by atoms with Gasteiger partial charge >= 0.3 is 0 Å². The summed E-state index contributed by atoms with van der Waals surface area (Å²) in [5, 5.41) is 0. The smallest absolute Gasteiger partial charge is 0.198 e. The van der Waals surface area contributed by atoms with Gasteiger partial charge in [-0.3, -0.25) is 4.79 Å². The lowest BCUT2D eigenvalue weighted by molar-refractivity contribution is -0.119. The van der Waals surface area contributed by atoms with Gasteiger partial charge in [-0.1, -0.05) is 0 Å². The van der Waals surface area contributed by atoms with Crippen LogP contribution in [-0.4, -0.2) is 18.4 Å². The molecule has 0 amide bonds. The summed E-state index contributed by atoms with van der Waals surface area (Å²) in [4.78, 5) is 11.3. The van der Waals surface area contributed by atoms with E-state index in [0.717, 1.165) is 12.8 Å². The van der Waals surface area contributed by atoms with Crippen molar-refractivity contribution in [1.29, 1.82) is 0 Å². The molecule has 12 heavy (non-hydrogen) atoms. The highest BCUT2D eigenvalue weighted by Crippen LogP contribution is 2.12. The quantitative estimate of drug-likeness (QED) is 0.685. The number of rotatable bonds is 3. The summed E-state index contributed by atoms with van der Waals surface area (Å²) < 4.78 is 5.20. The van der Waals surface area contributed by atoms with Gasteiger partial charge in [0.15, 0.2) is 11.5 Å². The summed E-state index contributed by atoms with van der Waals surface area (Å²) in [6.45, 7) is 2.48. The van der Waals surface area contributed by atoms with E-state index in [1.54, 1.807) is 0 Å². The van der Waals surface area contributed by atoms with Crippen molar-refractivity contribution < 1.29 is 9.53 Å². The lowest BCUT2D eigenvalue weighted by Gasteiger charge is -2.14. The monoisotopic (exact) mass is 169 g/mol. The molecule has 0 aromatic carbocycles. The van der Waals surface area contributed by atoms with Crippen LogP contribution in [0.15, 0.2) is 11.8 Å². The fourth-order valence-corrected chi connectivity index (χ4v) is 1.14.